The summed E-state index contributed by atoms with van der Waals surface area (Å²) in [6.45, 7) is 12.1. The molecular formula is C34H50O13. The van der Waals surface area contributed by atoms with Gasteiger partial charge in [-0.3, -0.25) is 14.4 Å². The third-order valence-electron chi connectivity index (χ3n) is 9.60. The van der Waals surface area contributed by atoms with Crippen molar-refractivity contribution in [2.45, 2.75) is 154 Å². The van der Waals surface area contributed by atoms with E-state index in [4.69, 9.17) is 23.7 Å². The lowest BCUT2D eigenvalue weighted by atomic mass is 9.75. The predicted octanol–water partition coefficient (Wildman–Crippen LogP) is 2.90. The summed E-state index contributed by atoms with van der Waals surface area (Å²) in [5, 5.41) is 34.2. The summed E-state index contributed by atoms with van der Waals surface area (Å²) in [6.07, 6.45) is -3.25. The summed E-state index contributed by atoms with van der Waals surface area (Å²) >= 11 is 0. The van der Waals surface area contributed by atoms with Crippen molar-refractivity contribution < 1.29 is 63.0 Å². The highest BCUT2D eigenvalue weighted by molar-refractivity contribution is 5.88. The van der Waals surface area contributed by atoms with Crippen LogP contribution in [0.15, 0.2) is 22.8 Å². The zero-order valence-electron chi connectivity index (χ0n) is 28.6. The molecule has 2 fully saturated rings. The Hall–Kier alpha value is -3.29. The minimum Gasteiger partial charge on any atom is -0.459 e. The SMILES string of the molecule is C/C=C(/C)C(=O)O[C@H]1C(C)=C2[C@H]([C@@H]1OC(=O)CC[C@H](O)CCCC)[C@@](C)(OC(C)=O)C[C@H](OC(=O)CCC)[C@@]1(O)[C@H]2OC(=O)[C@@]1(C)O. The quantitative estimate of drug-likeness (QED) is 0.113. The fraction of sp³-hybridized carbons (Fsp3) is 0.735. The Bertz CT molecular complexity index is 1300. The van der Waals surface area contributed by atoms with Crippen LogP contribution in [0.3, 0.4) is 0 Å². The van der Waals surface area contributed by atoms with Crippen molar-refractivity contribution >= 4 is 29.8 Å². The molecule has 1 saturated carbocycles. The second kappa shape index (κ2) is 14.9. The Morgan fingerprint density at radius 3 is 2.21 bits per heavy atom. The molecular weight excluding hydrogens is 616 g/mol. The number of rotatable bonds is 13. The van der Waals surface area contributed by atoms with Gasteiger partial charge in [-0.15, -0.1) is 0 Å². The van der Waals surface area contributed by atoms with E-state index in [0.29, 0.717) is 12.8 Å². The monoisotopic (exact) mass is 666 g/mol. The maximum absolute atomic E-state index is 13.4. The van der Waals surface area contributed by atoms with E-state index in [-0.39, 0.29) is 36.0 Å². The molecule has 3 rings (SSSR count). The maximum Gasteiger partial charge on any atom is 0.341 e. The first kappa shape index (κ1) is 38.2. The van der Waals surface area contributed by atoms with Crippen molar-refractivity contribution in [2.75, 3.05) is 0 Å². The zero-order chi connectivity index (χ0) is 35.5. The number of unbranched alkanes of at least 4 members (excludes halogenated alkanes) is 1. The standard InChI is InChI=1S/C34H50O13/c1-9-12-14-21(36)15-16-24(38)44-28-26-25(19(5)27(28)45-30(39)18(4)11-3)29-34(42,33(8,41)31(40)46-29)22(43-23(37)13-10-2)17-32(26,7)47-20(6)35/h11,21-22,26-29,36,41-42H,9-10,12-17H2,1-8H3/b18-11-/t21-,22+,26-,27+,28+,29+,32+,33-,34-/m1/s1. The molecule has 0 unspecified atom stereocenters. The van der Waals surface area contributed by atoms with E-state index in [1.807, 2.05) is 6.92 Å². The number of esters is 5. The van der Waals surface area contributed by atoms with E-state index in [1.54, 1.807) is 13.8 Å². The van der Waals surface area contributed by atoms with E-state index < -0.39 is 89.5 Å². The lowest BCUT2D eigenvalue weighted by Gasteiger charge is -2.41. The molecule has 3 aliphatic rings. The number of carbonyl (C=O) groups is 5. The van der Waals surface area contributed by atoms with Gasteiger partial charge in [0, 0.05) is 31.8 Å². The first-order chi connectivity index (χ1) is 21.9. The van der Waals surface area contributed by atoms with Gasteiger partial charge in [-0.05, 0) is 65.0 Å². The molecule has 1 aliphatic heterocycles. The van der Waals surface area contributed by atoms with Crippen LogP contribution in [0.5, 0.6) is 0 Å². The van der Waals surface area contributed by atoms with Crippen molar-refractivity contribution in [3.63, 3.8) is 0 Å². The molecule has 47 heavy (non-hydrogen) atoms. The van der Waals surface area contributed by atoms with Crippen molar-refractivity contribution in [1.82, 2.24) is 0 Å². The minimum atomic E-state index is -2.61. The van der Waals surface area contributed by atoms with E-state index >= 15 is 0 Å². The zero-order valence-corrected chi connectivity index (χ0v) is 28.6. The van der Waals surface area contributed by atoms with Gasteiger partial charge in [0.15, 0.2) is 29.5 Å². The molecule has 3 N–H and O–H groups in total. The summed E-state index contributed by atoms with van der Waals surface area (Å²) in [4.78, 5) is 65.1. The second-order valence-corrected chi connectivity index (χ2v) is 13.2. The van der Waals surface area contributed by atoms with Gasteiger partial charge in [-0.2, -0.15) is 0 Å². The van der Waals surface area contributed by atoms with Gasteiger partial charge in [-0.25, -0.2) is 9.59 Å². The van der Waals surface area contributed by atoms with Crippen LogP contribution >= 0.6 is 0 Å². The molecule has 0 aromatic heterocycles. The Balaban J connectivity index is 2.23. The van der Waals surface area contributed by atoms with Crippen LogP contribution in [0.4, 0.5) is 0 Å². The minimum absolute atomic E-state index is 0.0453. The lowest BCUT2D eigenvalue weighted by molar-refractivity contribution is -0.212. The van der Waals surface area contributed by atoms with Crippen LogP contribution in [0.1, 0.15) is 107 Å². The Kier molecular flexibility index (Phi) is 12.1. The van der Waals surface area contributed by atoms with Gasteiger partial charge < -0.3 is 39.0 Å². The third-order valence-corrected chi connectivity index (χ3v) is 9.60. The molecule has 13 nitrogen and oxygen atoms in total. The number of fused-ring (bicyclic) bond motifs is 3. The van der Waals surface area contributed by atoms with Gasteiger partial charge in [0.1, 0.15) is 11.7 Å². The number of aliphatic hydroxyl groups is 3. The van der Waals surface area contributed by atoms with Gasteiger partial charge in [0.05, 0.1) is 12.0 Å². The molecule has 0 radical (unpaired) electrons. The average Bonchev–Trinajstić information content (AvgIpc) is 3.32. The average molecular weight is 667 g/mol. The van der Waals surface area contributed by atoms with E-state index in [1.165, 1.54) is 26.8 Å². The smallest absolute Gasteiger partial charge is 0.341 e. The molecule has 2 aliphatic carbocycles. The third kappa shape index (κ3) is 7.41. The Morgan fingerprint density at radius 1 is 1.00 bits per heavy atom. The second-order valence-electron chi connectivity index (χ2n) is 13.2. The highest BCUT2D eigenvalue weighted by Gasteiger charge is 2.76. The largest absolute Gasteiger partial charge is 0.459 e. The van der Waals surface area contributed by atoms with Gasteiger partial charge in [0.2, 0.25) is 0 Å². The summed E-state index contributed by atoms with van der Waals surface area (Å²) < 4.78 is 29.2. The number of hydrogen-bond donors (Lipinski definition) is 3. The fourth-order valence-corrected chi connectivity index (χ4v) is 6.90. The summed E-state index contributed by atoms with van der Waals surface area (Å²) in [5.41, 5.74) is -6.38. The molecule has 1 saturated heterocycles. The summed E-state index contributed by atoms with van der Waals surface area (Å²) in [6, 6.07) is 0. The molecule has 0 spiro atoms. The number of carbonyl (C=O) groups excluding carboxylic acids is 5. The van der Waals surface area contributed by atoms with Crippen molar-refractivity contribution in [1.29, 1.82) is 0 Å². The number of aliphatic hydroxyl groups excluding tert-OH is 1. The molecule has 1 heterocycles. The number of ether oxygens (including phenoxy) is 5. The molecule has 0 aromatic rings. The molecule has 13 heteroatoms. The van der Waals surface area contributed by atoms with Crippen LogP contribution in [0, 0.1) is 5.92 Å². The first-order valence-electron chi connectivity index (χ1n) is 16.4. The van der Waals surface area contributed by atoms with E-state index in [0.717, 1.165) is 26.7 Å². The van der Waals surface area contributed by atoms with Crippen LogP contribution in [-0.4, -0.2) is 92.5 Å². The predicted molar refractivity (Wildman–Crippen MR) is 165 cm³/mol. The molecule has 264 valence electrons. The van der Waals surface area contributed by atoms with Crippen LogP contribution in [-0.2, 0) is 47.7 Å². The highest BCUT2D eigenvalue weighted by atomic mass is 16.6. The Morgan fingerprint density at radius 2 is 1.64 bits per heavy atom. The van der Waals surface area contributed by atoms with Gasteiger partial charge in [-0.1, -0.05) is 32.8 Å². The number of hydrogen-bond acceptors (Lipinski definition) is 13. The summed E-state index contributed by atoms with van der Waals surface area (Å²) in [7, 11) is 0. The van der Waals surface area contributed by atoms with Gasteiger partial charge in [0.25, 0.3) is 0 Å². The fourth-order valence-electron chi connectivity index (χ4n) is 6.90. The molecule has 0 amide bonds. The van der Waals surface area contributed by atoms with Crippen molar-refractivity contribution in [3.8, 4) is 0 Å². The van der Waals surface area contributed by atoms with Crippen molar-refractivity contribution in [2.24, 2.45) is 5.92 Å². The summed E-state index contributed by atoms with van der Waals surface area (Å²) in [5.74, 6) is -5.39. The highest BCUT2D eigenvalue weighted by Crippen LogP contribution is 2.57. The lowest BCUT2D eigenvalue weighted by Crippen LogP contribution is -2.64. The molecule has 0 aromatic carbocycles. The van der Waals surface area contributed by atoms with E-state index in [9.17, 15) is 39.3 Å². The normalized spacial score (nSPS) is 34.1. The topological polar surface area (TPSA) is 192 Å². The van der Waals surface area contributed by atoms with Crippen LogP contribution in [0.2, 0.25) is 0 Å². The molecule has 0 bridgehead atoms. The van der Waals surface area contributed by atoms with Crippen molar-refractivity contribution in [3.05, 3.63) is 22.8 Å². The molecule has 9 atom stereocenters. The number of allylic oxidation sites excluding steroid dienone is 1. The maximum atomic E-state index is 13.4. The van der Waals surface area contributed by atoms with Gasteiger partial charge >= 0.3 is 29.8 Å². The first-order valence-corrected chi connectivity index (χ1v) is 16.4. The van der Waals surface area contributed by atoms with E-state index in [2.05, 4.69) is 0 Å². The Labute approximate surface area is 275 Å². The van der Waals surface area contributed by atoms with Crippen LogP contribution in [0.25, 0.3) is 0 Å². The van der Waals surface area contributed by atoms with Crippen LogP contribution < -0.4 is 0 Å².